The van der Waals surface area contributed by atoms with E-state index in [1.165, 1.54) is 23.6 Å². The molecule has 10 nitrogen and oxygen atoms in total. The van der Waals surface area contributed by atoms with E-state index in [-0.39, 0.29) is 16.6 Å². The molecule has 0 radical (unpaired) electrons. The minimum absolute atomic E-state index is 0.0815. The summed E-state index contributed by atoms with van der Waals surface area (Å²) in [5.41, 5.74) is 0.604. The molecule has 4 rings (SSSR count). The fourth-order valence-corrected chi connectivity index (χ4v) is 5.38. The van der Waals surface area contributed by atoms with Gasteiger partial charge in [0.25, 0.3) is 0 Å². The topological polar surface area (TPSA) is 105 Å². The lowest BCUT2D eigenvalue weighted by molar-refractivity contribution is -0.126. The van der Waals surface area contributed by atoms with Crippen LogP contribution in [0.25, 0.3) is 6.08 Å². The number of aromatic nitrogens is 2. The number of ether oxygens (including phenoxy) is 2. The maximum atomic E-state index is 13.1. The van der Waals surface area contributed by atoms with Gasteiger partial charge >= 0.3 is 0 Å². The monoisotopic (exact) mass is 473 g/mol. The van der Waals surface area contributed by atoms with E-state index < -0.39 is 10.0 Å². The van der Waals surface area contributed by atoms with Gasteiger partial charge in [-0.2, -0.15) is 4.31 Å². The average Bonchev–Trinajstić information content (AvgIpc) is 2.88. The summed E-state index contributed by atoms with van der Waals surface area (Å²) in [6.45, 7) is 3.72. The summed E-state index contributed by atoms with van der Waals surface area (Å²) in [4.78, 5) is 25.1. The summed E-state index contributed by atoms with van der Waals surface area (Å²) in [5.74, 6) is 0.800. The molecular weight excluding hydrogens is 446 g/mol. The number of methoxy groups -OCH3 is 1. The molecule has 0 unspecified atom stereocenters. The molecule has 0 saturated carbocycles. The first-order chi connectivity index (χ1) is 16.0. The number of nitrogens with zero attached hydrogens (tertiary/aromatic N) is 5. The maximum Gasteiger partial charge on any atom is 0.246 e. The number of piperazine rings is 1. The van der Waals surface area contributed by atoms with E-state index in [0.29, 0.717) is 64.0 Å². The molecule has 0 spiro atoms. The largest absolute Gasteiger partial charge is 0.495 e. The molecule has 2 fully saturated rings. The fourth-order valence-electron chi connectivity index (χ4n) is 3.78. The third kappa shape index (κ3) is 5.32. The van der Waals surface area contributed by atoms with Crippen molar-refractivity contribution in [2.24, 2.45) is 0 Å². The molecule has 0 aliphatic carbocycles. The Kier molecular flexibility index (Phi) is 7.21. The third-order valence-corrected chi connectivity index (χ3v) is 7.54. The van der Waals surface area contributed by atoms with Gasteiger partial charge in [0.1, 0.15) is 10.6 Å². The van der Waals surface area contributed by atoms with Gasteiger partial charge in [-0.15, -0.1) is 0 Å². The molecular formula is C22H27N5O5S. The Balaban J connectivity index is 1.44. The minimum Gasteiger partial charge on any atom is -0.495 e. The Bertz CT molecular complexity index is 1100. The Morgan fingerprint density at radius 3 is 2.42 bits per heavy atom. The fraction of sp³-hybridized carbons (Fsp3) is 0.409. The number of anilines is 1. The Morgan fingerprint density at radius 1 is 1.06 bits per heavy atom. The predicted molar refractivity (Wildman–Crippen MR) is 122 cm³/mol. The number of carbonyl (C=O) groups excluding carboxylic acids is 1. The normalized spacial score (nSPS) is 18.0. The number of benzene rings is 1. The van der Waals surface area contributed by atoms with Crippen molar-refractivity contribution in [1.29, 1.82) is 0 Å². The van der Waals surface area contributed by atoms with Gasteiger partial charge in [0.15, 0.2) is 0 Å². The zero-order chi connectivity index (χ0) is 23.3. The highest BCUT2D eigenvalue weighted by molar-refractivity contribution is 7.89. The van der Waals surface area contributed by atoms with Crippen LogP contribution in [0.4, 0.5) is 5.95 Å². The number of carbonyl (C=O) groups is 1. The highest BCUT2D eigenvalue weighted by atomic mass is 32.2. The van der Waals surface area contributed by atoms with Crippen molar-refractivity contribution in [3.8, 4) is 5.75 Å². The second kappa shape index (κ2) is 10.3. The van der Waals surface area contributed by atoms with E-state index in [4.69, 9.17) is 9.47 Å². The third-order valence-electron chi connectivity index (χ3n) is 5.62. The van der Waals surface area contributed by atoms with E-state index in [9.17, 15) is 13.2 Å². The van der Waals surface area contributed by atoms with E-state index in [0.717, 1.165) is 0 Å². The maximum absolute atomic E-state index is 13.1. The first kappa shape index (κ1) is 23.1. The van der Waals surface area contributed by atoms with E-state index in [1.54, 1.807) is 41.6 Å². The number of hydrogen-bond donors (Lipinski definition) is 0. The van der Waals surface area contributed by atoms with Crippen LogP contribution in [-0.4, -0.2) is 93.1 Å². The van der Waals surface area contributed by atoms with Crippen LogP contribution in [0, 0.1) is 0 Å². The summed E-state index contributed by atoms with van der Waals surface area (Å²) in [5, 5.41) is 0. The van der Waals surface area contributed by atoms with Crippen LogP contribution in [0.2, 0.25) is 0 Å². The minimum atomic E-state index is -3.74. The molecule has 1 aromatic carbocycles. The molecule has 3 heterocycles. The van der Waals surface area contributed by atoms with Crippen molar-refractivity contribution in [2.75, 3.05) is 64.5 Å². The summed E-state index contributed by atoms with van der Waals surface area (Å²) in [7, 11) is -2.30. The van der Waals surface area contributed by atoms with Crippen LogP contribution in [0.5, 0.6) is 5.75 Å². The Morgan fingerprint density at radius 2 is 1.76 bits per heavy atom. The molecule has 1 amide bonds. The lowest BCUT2D eigenvalue weighted by Gasteiger charge is -2.34. The van der Waals surface area contributed by atoms with Crippen LogP contribution < -0.4 is 9.64 Å². The molecule has 176 valence electrons. The molecule has 2 aromatic rings. The second-order valence-electron chi connectivity index (χ2n) is 7.62. The summed E-state index contributed by atoms with van der Waals surface area (Å²) >= 11 is 0. The molecule has 33 heavy (non-hydrogen) atoms. The average molecular weight is 474 g/mol. The zero-order valence-electron chi connectivity index (χ0n) is 18.5. The highest BCUT2D eigenvalue weighted by Gasteiger charge is 2.29. The summed E-state index contributed by atoms with van der Waals surface area (Å²) < 4.78 is 38.2. The van der Waals surface area contributed by atoms with Crippen molar-refractivity contribution in [2.45, 2.75) is 4.90 Å². The molecule has 11 heteroatoms. The number of hydrogen-bond acceptors (Lipinski definition) is 8. The molecule has 0 atom stereocenters. The lowest BCUT2D eigenvalue weighted by Crippen LogP contribution is -2.48. The molecule has 2 aliphatic rings. The van der Waals surface area contributed by atoms with Crippen molar-refractivity contribution < 1.29 is 22.7 Å². The van der Waals surface area contributed by atoms with Crippen LogP contribution >= 0.6 is 0 Å². The van der Waals surface area contributed by atoms with Crippen molar-refractivity contribution in [3.05, 3.63) is 48.3 Å². The molecule has 0 bridgehead atoms. The SMILES string of the molecule is COc1ccc(/C=C/C(=O)N2CCN(c3ncccn3)CC2)cc1S(=O)(=O)N1CCOCC1. The van der Waals surface area contributed by atoms with E-state index in [1.807, 2.05) is 4.90 Å². The van der Waals surface area contributed by atoms with Gasteiger partial charge in [0.2, 0.25) is 21.9 Å². The number of morpholine rings is 1. The zero-order valence-corrected chi connectivity index (χ0v) is 19.3. The first-order valence-corrected chi connectivity index (χ1v) is 12.2. The molecule has 0 N–H and O–H groups in total. The first-order valence-electron chi connectivity index (χ1n) is 10.7. The van der Waals surface area contributed by atoms with Crippen LogP contribution in [0.1, 0.15) is 5.56 Å². The number of sulfonamides is 1. The van der Waals surface area contributed by atoms with E-state index >= 15 is 0 Å². The lowest BCUT2D eigenvalue weighted by atomic mass is 10.2. The number of rotatable bonds is 6. The number of amides is 1. The highest BCUT2D eigenvalue weighted by Crippen LogP contribution is 2.29. The Hall–Kier alpha value is -3.02. The summed E-state index contributed by atoms with van der Waals surface area (Å²) in [6.07, 6.45) is 6.50. The smallest absolute Gasteiger partial charge is 0.246 e. The predicted octanol–water partition coefficient (Wildman–Crippen LogP) is 0.868. The van der Waals surface area contributed by atoms with Crippen molar-refractivity contribution in [1.82, 2.24) is 19.2 Å². The van der Waals surface area contributed by atoms with Gasteiger partial charge < -0.3 is 19.3 Å². The van der Waals surface area contributed by atoms with Crippen LogP contribution in [-0.2, 0) is 19.6 Å². The quantitative estimate of drug-likeness (QED) is 0.569. The van der Waals surface area contributed by atoms with Crippen molar-refractivity contribution >= 4 is 28.0 Å². The molecule has 2 aliphatic heterocycles. The van der Waals surface area contributed by atoms with Crippen LogP contribution in [0.3, 0.4) is 0 Å². The van der Waals surface area contributed by atoms with E-state index in [2.05, 4.69) is 9.97 Å². The van der Waals surface area contributed by atoms with Gasteiger partial charge in [-0.05, 0) is 29.8 Å². The molecule has 2 saturated heterocycles. The Labute approximate surface area is 193 Å². The van der Waals surface area contributed by atoms with Gasteiger partial charge in [-0.1, -0.05) is 6.07 Å². The second-order valence-corrected chi connectivity index (χ2v) is 9.53. The van der Waals surface area contributed by atoms with Gasteiger partial charge in [-0.3, -0.25) is 4.79 Å². The van der Waals surface area contributed by atoms with Crippen LogP contribution in [0.15, 0.2) is 47.6 Å². The standard InChI is InChI=1S/C22H27N5O5S/c1-31-19-5-3-18(17-20(19)33(29,30)27-13-15-32-16-14-27)4-6-21(28)25-9-11-26(12-10-25)22-23-7-2-8-24-22/h2-8,17H,9-16H2,1H3/b6-4+. The van der Waals surface area contributed by atoms with Gasteiger partial charge in [-0.25, -0.2) is 18.4 Å². The van der Waals surface area contributed by atoms with Gasteiger partial charge in [0.05, 0.1) is 20.3 Å². The summed E-state index contributed by atoms with van der Waals surface area (Å²) in [6, 6.07) is 6.64. The van der Waals surface area contributed by atoms with Gasteiger partial charge in [0, 0.05) is 57.7 Å². The van der Waals surface area contributed by atoms with Crippen molar-refractivity contribution in [3.63, 3.8) is 0 Å². The molecule has 1 aromatic heterocycles.